The molecule has 1 fully saturated rings. The number of hydrazone groups is 1. The summed E-state index contributed by atoms with van der Waals surface area (Å²) in [7, 11) is 0. The minimum absolute atomic E-state index is 0.153. The smallest absolute Gasteiger partial charge is 0.342 e. The maximum absolute atomic E-state index is 13.3. The number of nitrogens with zero attached hydrogens (tertiary/aromatic N) is 3. The first-order valence-corrected chi connectivity index (χ1v) is 11.6. The second-order valence-corrected chi connectivity index (χ2v) is 8.80. The molecule has 1 aliphatic heterocycles. The number of hydrogen-bond acceptors (Lipinski definition) is 4. The molecule has 0 saturated heterocycles. The largest absolute Gasteiger partial charge is 0.508 e. The van der Waals surface area contributed by atoms with Crippen molar-refractivity contribution in [1.29, 1.82) is 0 Å². The molecule has 2 N–H and O–H groups in total. The molecule has 1 atom stereocenters. The Hall–Kier alpha value is -3.67. The van der Waals surface area contributed by atoms with Crippen molar-refractivity contribution in [3.63, 3.8) is 0 Å². The maximum Gasteiger partial charge on any atom is 0.342 e. The highest BCUT2D eigenvalue weighted by atomic mass is 16.3. The zero-order valence-electron chi connectivity index (χ0n) is 18.5. The van der Waals surface area contributed by atoms with Crippen molar-refractivity contribution >= 4 is 17.4 Å². The van der Waals surface area contributed by atoms with E-state index in [0.717, 1.165) is 17.0 Å². The van der Waals surface area contributed by atoms with Gasteiger partial charge in [0, 0.05) is 35.6 Å². The number of aromatic nitrogens is 1. The fraction of sp³-hybridized carbons (Fsp3) is 0.296. The van der Waals surface area contributed by atoms with Crippen LogP contribution >= 0.6 is 0 Å². The van der Waals surface area contributed by atoms with Crippen LogP contribution in [0.25, 0.3) is 0 Å². The van der Waals surface area contributed by atoms with E-state index >= 15 is 0 Å². The molecule has 168 valence electrons. The van der Waals surface area contributed by atoms with Gasteiger partial charge in [-0.15, -0.1) is 0 Å². The Balaban J connectivity index is 1.37. The van der Waals surface area contributed by atoms with E-state index in [2.05, 4.69) is 27.5 Å². The van der Waals surface area contributed by atoms with E-state index in [0.29, 0.717) is 17.9 Å². The number of para-hydroxylation sites is 1. The van der Waals surface area contributed by atoms with Crippen LogP contribution in [-0.2, 0) is 0 Å². The van der Waals surface area contributed by atoms with Gasteiger partial charge in [-0.25, -0.2) is 9.80 Å². The number of amides is 2. The number of phenols is 1. The van der Waals surface area contributed by atoms with Crippen LogP contribution in [-0.4, -0.2) is 26.8 Å². The third-order valence-electron chi connectivity index (χ3n) is 6.65. The number of anilines is 1. The Morgan fingerprint density at radius 2 is 1.76 bits per heavy atom. The van der Waals surface area contributed by atoms with Crippen molar-refractivity contribution in [1.82, 2.24) is 9.99 Å². The van der Waals surface area contributed by atoms with Gasteiger partial charge in [-0.2, -0.15) is 5.10 Å². The summed E-state index contributed by atoms with van der Waals surface area (Å²) in [4.78, 5) is 17.5. The van der Waals surface area contributed by atoms with Crippen molar-refractivity contribution in [3.8, 4) is 5.75 Å². The van der Waals surface area contributed by atoms with Crippen LogP contribution in [0.5, 0.6) is 5.75 Å². The lowest BCUT2D eigenvalue weighted by Crippen LogP contribution is -2.31. The summed E-state index contributed by atoms with van der Waals surface area (Å²) >= 11 is 0. The Labute approximate surface area is 194 Å². The summed E-state index contributed by atoms with van der Waals surface area (Å²) in [6, 6.07) is 18.3. The number of phenolic OH excluding ortho intramolecular Hbond substituents is 1. The van der Waals surface area contributed by atoms with Crippen molar-refractivity contribution in [2.45, 2.75) is 50.5 Å². The molecule has 5 rings (SSSR count). The zero-order chi connectivity index (χ0) is 22.6. The Kier molecular flexibility index (Phi) is 6.07. The lowest BCUT2D eigenvalue weighted by molar-refractivity contribution is 0.199. The molecule has 0 radical (unpaired) electrons. The van der Waals surface area contributed by atoms with Gasteiger partial charge in [0.15, 0.2) is 0 Å². The molecule has 0 bridgehead atoms. The average Bonchev–Trinajstić information content (AvgIpc) is 3.31. The third-order valence-corrected chi connectivity index (χ3v) is 6.65. The Morgan fingerprint density at radius 1 is 0.970 bits per heavy atom. The topological polar surface area (TPSA) is 77.8 Å². The molecule has 0 spiro atoms. The molecular formula is C27H28N4O2. The number of urea groups is 1. The van der Waals surface area contributed by atoms with Crippen LogP contribution in [0.1, 0.15) is 67.2 Å². The van der Waals surface area contributed by atoms with Gasteiger partial charge in [-0.05, 0) is 48.6 Å². The van der Waals surface area contributed by atoms with Crippen molar-refractivity contribution in [2.24, 2.45) is 5.10 Å². The van der Waals surface area contributed by atoms with Crippen molar-refractivity contribution < 1.29 is 9.90 Å². The van der Waals surface area contributed by atoms with Crippen LogP contribution in [0.2, 0.25) is 0 Å². The van der Waals surface area contributed by atoms with E-state index in [9.17, 15) is 9.90 Å². The van der Waals surface area contributed by atoms with Crippen molar-refractivity contribution in [2.75, 3.05) is 5.32 Å². The van der Waals surface area contributed by atoms with E-state index in [1.54, 1.807) is 24.5 Å². The van der Waals surface area contributed by atoms with Crippen LogP contribution in [0.4, 0.5) is 10.5 Å². The van der Waals surface area contributed by atoms with E-state index in [4.69, 9.17) is 0 Å². The number of nitrogens with one attached hydrogen (secondary N) is 1. The predicted molar refractivity (Wildman–Crippen MR) is 129 cm³/mol. The van der Waals surface area contributed by atoms with Gasteiger partial charge in [0.05, 0.1) is 11.8 Å². The van der Waals surface area contributed by atoms with Crippen molar-refractivity contribution in [3.05, 3.63) is 89.7 Å². The summed E-state index contributed by atoms with van der Waals surface area (Å²) < 4.78 is 0. The predicted octanol–water partition coefficient (Wildman–Crippen LogP) is 6.22. The molecule has 1 saturated carbocycles. The average molecular weight is 441 g/mol. The highest BCUT2D eigenvalue weighted by molar-refractivity contribution is 6.04. The quantitative estimate of drug-likeness (QED) is 0.506. The lowest BCUT2D eigenvalue weighted by atomic mass is 9.84. The number of benzene rings is 2. The van der Waals surface area contributed by atoms with Gasteiger partial charge < -0.3 is 10.4 Å². The molecule has 2 amide bonds. The number of hydrogen-bond donors (Lipinski definition) is 2. The third kappa shape index (κ3) is 4.60. The van der Waals surface area contributed by atoms with Gasteiger partial charge in [0.2, 0.25) is 0 Å². The number of carbonyl (C=O) groups is 1. The first-order chi connectivity index (χ1) is 16.2. The van der Waals surface area contributed by atoms with Crippen LogP contribution in [0.15, 0.2) is 78.2 Å². The number of pyridine rings is 1. The molecular weight excluding hydrogens is 412 g/mol. The maximum atomic E-state index is 13.3. The minimum Gasteiger partial charge on any atom is -0.508 e. The summed E-state index contributed by atoms with van der Waals surface area (Å²) in [6.45, 7) is 0. The van der Waals surface area contributed by atoms with E-state index in [1.165, 1.54) is 42.7 Å². The summed E-state index contributed by atoms with van der Waals surface area (Å²) in [5.74, 6) is 0.777. The summed E-state index contributed by atoms with van der Waals surface area (Å²) in [5, 5.41) is 19.5. The molecule has 1 aliphatic carbocycles. The zero-order valence-corrected chi connectivity index (χ0v) is 18.5. The second kappa shape index (κ2) is 9.45. The molecule has 6 heteroatoms. The van der Waals surface area contributed by atoms with E-state index in [-0.39, 0.29) is 11.8 Å². The minimum atomic E-state index is -0.400. The first kappa shape index (κ1) is 21.2. The Morgan fingerprint density at radius 3 is 2.48 bits per heavy atom. The molecule has 1 aromatic heterocycles. The van der Waals surface area contributed by atoms with Gasteiger partial charge in [0.25, 0.3) is 0 Å². The van der Waals surface area contributed by atoms with Crippen LogP contribution in [0, 0.1) is 0 Å². The number of carbonyl (C=O) groups excluding carboxylic acids is 1. The van der Waals surface area contributed by atoms with Gasteiger partial charge >= 0.3 is 6.03 Å². The monoisotopic (exact) mass is 440 g/mol. The molecule has 6 nitrogen and oxygen atoms in total. The highest BCUT2D eigenvalue weighted by Crippen LogP contribution is 2.37. The lowest BCUT2D eigenvalue weighted by Gasteiger charge is -2.24. The fourth-order valence-electron chi connectivity index (χ4n) is 4.87. The summed E-state index contributed by atoms with van der Waals surface area (Å²) in [5.41, 5.74) is 4.38. The van der Waals surface area contributed by atoms with Crippen LogP contribution < -0.4 is 5.32 Å². The normalized spacial score (nSPS) is 18.7. The molecule has 2 aromatic carbocycles. The fourth-order valence-corrected chi connectivity index (χ4v) is 4.87. The van der Waals surface area contributed by atoms with E-state index in [1.807, 2.05) is 36.4 Å². The highest BCUT2D eigenvalue weighted by Gasteiger charge is 2.34. The second-order valence-electron chi connectivity index (χ2n) is 8.80. The number of rotatable bonds is 4. The molecule has 2 aliphatic rings. The van der Waals surface area contributed by atoms with Gasteiger partial charge in [-0.3, -0.25) is 4.98 Å². The molecule has 1 unspecified atom stereocenters. The van der Waals surface area contributed by atoms with Gasteiger partial charge in [-0.1, -0.05) is 55.7 Å². The molecule has 2 heterocycles. The SMILES string of the molecule is O=C(Nc1ccc(C2CCCCC2)cc1)N1N=C(c2cccnc2)CC1c1ccccc1O. The molecule has 33 heavy (non-hydrogen) atoms. The van der Waals surface area contributed by atoms with E-state index < -0.39 is 6.04 Å². The number of aromatic hydroxyl groups is 1. The van der Waals surface area contributed by atoms with Gasteiger partial charge in [0.1, 0.15) is 5.75 Å². The Bertz CT molecular complexity index is 1140. The summed E-state index contributed by atoms with van der Waals surface area (Å²) in [6.07, 6.45) is 10.4. The van der Waals surface area contributed by atoms with Crippen LogP contribution in [0.3, 0.4) is 0 Å². The standard InChI is InChI=1S/C27H28N4O2/c32-26-11-5-4-10-23(26)25-17-24(21-9-6-16-28-18-21)30-31(25)27(33)29-22-14-12-20(13-15-22)19-7-2-1-3-8-19/h4-6,9-16,18-19,25,32H,1-3,7-8,17H2,(H,29,33). The molecule has 3 aromatic rings. The first-order valence-electron chi connectivity index (χ1n) is 11.6.